The van der Waals surface area contributed by atoms with Gasteiger partial charge in [0.2, 0.25) is 0 Å². The summed E-state index contributed by atoms with van der Waals surface area (Å²) in [6.07, 6.45) is 3.88. The first kappa shape index (κ1) is 9.88. The van der Waals surface area contributed by atoms with Crippen molar-refractivity contribution in [1.29, 1.82) is 5.26 Å². The van der Waals surface area contributed by atoms with Crippen molar-refractivity contribution < 1.29 is 0 Å². The molecule has 1 heterocycles. The lowest BCUT2D eigenvalue weighted by molar-refractivity contribution is 0.974. The number of nitriles is 1. The van der Waals surface area contributed by atoms with Gasteiger partial charge in [-0.2, -0.15) is 5.26 Å². The van der Waals surface area contributed by atoms with Crippen molar-refractivity contribution >= 4 is 11.8 Å². The van der Waals surface area contributed by atoms with Gasteiger partial charge in [-0.1, -0.05) is 30.0 Å². The molecular formula is C12H10N2S. The molecule has 2 rings (SSSR count). The van der Waals surface area contributed by atoms with Crippen LogP contribution in [0.4, 0.5) is 0 Å². The molecule has 0 atom stereocenters. The van der Waals surface area contributed by atoms with Gasteiger partial charge in [0.1, 0.15) is 0 Å². The lowest BCUT2D eigenvalue weighted by atomic mass is 10.2. The minimum Gasteiger partial charge on any atom is -0.249 e. The highest BCUT2D eigenvalue weighted by Gasteiger charge is 2.04. The lowest BCUT2D eigenvalue weighted by Gasteiger charge is -2.04. The van der Waals surface area contributed by atoms with Crippen LogP contribution in [0.2, 0.25) is 0 Å². The molecule has 0 fully saturated rings. The number of hydrogen-bond donors (Lipinski definition) is 0. The van der Waals surface area contributed by atoms with Crippen LogP contribution in [-0.4, -0.2) is 4.57 Å². The van der Waals surface area contributed by atoms with Crippen molar-refractivity contribution in [2.45, 2.75) is 16.8 Å². The molecule has 2 nitrogen and oxygen atoms in total. The predicted octanol–water partition coefficient (Wildman–Crippen LogP) is 3.28. The molecule has 0 aliphatic carbocycles. The van der Waals surface area contributed by atoms with E-state index in [1.165, 1.54) is 10.5 Å². The average molecular weight is 214 g/mol. The molecule has 0 saturated carbocycles. The molecular weight excluding hydrogens is 204 g/mol. The molecule has 0 saturated heterocycles. The van der Waals surface area contributed by atoms with Gasteiger partial charge in [0, 0.05) is 11.1 Å². The maximum atomic E-state index is 8.85. The van der Waals surface area contributed by atoms with E-state index in [-0.39, 0.29) is 0 Å². The summed E-state index contributed by atoms with van der Waals surface area (Å²) in [5.41, 5.74) is 1.23. The van der Waals surface area contributed by atoms with Gasteiger partial charge < -0.3 is 0 Å². The van der Waals surface area contributed by atoms with Gasteiger partial charge in [-0.15, -0.1) is 0 Å². The van der Waals surface area contributed by atoms with Gasteiger partial charge >= 0.3 is 0 Å². The first-order chi connectivity index (χ1) is 7.31. The van der Waals surface area contributed by atoms with Crippen LogP contribution in [0.3, 0.4) is 0 Å². The van der Waals surface area contributed by atoms with E-state index in [9.17, 15) is 0 Å². The molecule has 0 amide bonds. The number of aryl methyl sites for hydroxylation is 1. The van der Waals surface area contributed by atoms with Crippen LogP contribution in [0.25, 0.3) is 0 Å². The van der Waals surface area contributed by atoms with Gasteiger partial charge in [-0.25, -0.2) is 4.57 Å². The smallest absolute Gasteiger partial charge is 0.189 e. The lowest BCUT2D eigenvalue weighted by Crippen LogP contribution is -1.87. The van der Waals surface area contributed by atoms with Gasteiger partial charge in [0.15, 0.2) is 6.19 Å². The average Bonchev–Trinajstić information content (AvgIpc) is 2.69. The van der Waals surface area contributed by atoms with E-state index in [0.717, 1.165) is 5.03 Å². The Hall–Kier alpha value is -1.66. The minimum absolute atomic E-state index is 0.951. The molecule has 0 spiro atoms. The Morgan fingerprint density at radius 3 is 2.73 bits per heavy atom. The topological polar surface area (TPSA) is 28.7 Å². The summed E-state index contributed by atoms with van der Waals surface area (Å²) in [5, 5.41) is 9.81. The maximum Gasteiger partial charge on any atom is 0.189 e. The Morgan fingerprint density at radius 2 is 2.00 bits per heavy atom. The van der Waals surface area contributed by atoms with Crippen molar-refractivity contribution in [2.75, 3.05) is 0 Å². The van der Waals surface area contributed by atoms with Crippen molar-refractivity contribution in [3.05, 3.63) is 48.2 Å². The maximum absolute atomic E-state index is 8.85. The molecule has 0 aliphatic heterocycles. The predicted molar refractivity (Wildman–Crippen MR) is 60.7 cm³/mol. The molecule has 2 aromatic rings. The third kappa shape index (κ3) is 2.05. The zero-order valence-corrected chi connectivity index (χ0v) is 9.16. The van der Waals surface area contributed by atoms with Crippen LogP contribution in [0, 0.1) is 18.4 Å². The van der Waals surface area contributed by atoms with Crippen LogP contribution < -0.4 is 0 Å². The van der Waals surface area contributed by atoms with E-state index in [4.69, 9.17) is 5.26 Å². The van der Waals surface area contributed by atoms with E-state index >= 15 is 0 Å². The Kier molecular flexibility index (Phi) is 2.79. The van der Waals surface area contributed by atoms with Crippen LogP contribution >= 0.6 is 11.8 Å². The van der Waals surface area contributed by atoms with E-state index in [2.05, 4.69) is 25.2 Å². The van der Waals surface area contributed by atoms with Crippen LogP contribution in [0.15, 0.2) is 52.5 Å². The molecule has 74 valence electrons. The van der Waals surface area contributed by atoms with Crippen LogP contribution in [0.5, 0.6) is 0 Å². The third-order valence-electron chi connectivity index (χ3n) is 2.13. The first-order valence-electron chi connectivity index (χ1n) is 4.62. The van der Waals surface area contributed by atoms with Crippen molar-refractivity contribution in [2.24, 2.45) is 0 Å². The Morgan fingerprint density at radius 1 is 1.20 bits per heavy atom. The molecule has 1 aromatic carbocycles. The van der Waals surface area contributed by atoms with E-state index in [1.807, 2.05) is 24.3 Å². The zero-order chi connectivity index (χ0) is 10.7. The first-order valence-corrected chi connectivity index (χ1v) is 5.44. The second kappa shape index (κ2) is 4.24. The standard InChI is InChI=1S/C12H10N2S/c1-10-5-2-3-6-11(10)15-12-7-4-8-14(12)9-13/h2-8H,1H3. The second-order valence-electron chi connectivity index (χ2n) is 3.18. The molecule has 0 bridgehead atoms. The third-order valence-corrected chi connectivity index (χ3v) is 3.35. The minimum atomic E-state index is 0.951. The Labute approximate surface area is 93.2 Å². The van der Waals surface area contributed by atoms with Crippen molar-refractivity contribution in [1.82, 2.24) is 4.57 Å². The van der Waals surface area contributed by atoms with Gasteiger partial charge in [-0.3, -0.25) is 0 Å². The molecule has 0 radical (unpaired) electrons. The fraction of sp³-hybridized carbons (Fsp3) is 0.0833. The van der Waals surface area contributed by atoms with Crippen molar-refractivity contribution in [3.8, 4) is 6.19 Å². The largest absolute Gasteiger partial charge is 0.249 e. The molecule has 15 heavy (non-hydrogen) atoms. The van der Waals surface area contributed by atoms with E-state index < -0.39 is 0 Å². The monoisotopic (exact) mass is 214 g/mol. The molecule has 3 heteroatoms. The molecule has 0 unspecified atom stereocenters. The van der Waals surface area contributed by atoms with Crippen LogP contribution in [-0.2, 0) is 0 Å². The van der Waals surface area contributed by atoms with E-state index in [0.29, 0.717) is 0 Å². The van der Waals surface area contributed by atoms with Gasteiger partial charge in [0.05, 0.1) is 5.03 Å². The highest BCUT2D eigenvalue weighted by atomic mass is 32.2. The molecule has 0 N–H and O–H groups in total. The Bertz CT molecular complexity index is 508. The van der Waals surface area contributed by atoms with Gasteiger partial charge in [0.25, 0.3) is 0 Å². The highest BCUT2D eigenvalue weighted by molar-refractivity contribution is 7.99. The van der Waals surface area contributed by atoms with E-state index in [1.54, 1.807) is 22.5 Å². The van der Waals surface area contributed by atoms with Crippen LogP contribution in [0.1, 0.15) is 5.56 Å². The fourth-order valence-electron chi connectivity index (χ4n) is 1.31. The second-order valence-corrected chi connectivity index (χ2v) is 4.25. The highest BCUT2D eigenvalue weighted by Crippen LogP contribution is 2.29. The van der Waals surface area contributed by atoms with Crippen molar-refractivity contribution in [3.63, 3.8) is 0 Å². The number of nitrogens with zero attached hydrogens (tertiary/aromatic N) is 2. The number of aromatic nitrogens is 1. The summed E-state index contributed by atoms with van der Waals surface area (Å²) >= 11 is 1.61. The summed E-state index contributed by atoms with van der Waals surface area (Å²) in [5.74, 6) is 0. The Balaban J connectivity index is 2.31. The zero-order valence-electron chi connectivity index (χ0n) is 8.34. The number of rotatable bonds is 2. The fourth-order valence-corrected chi connectivity index (χ4v) is 2.26. The summed E-state index contributed by atoms with van der Waals surface area (Å²) in [6.45, 7) is 2.07. The summed E-state index contributed by atoms with van der Waals surface area (Å²) in [4.78, 5) is 1.19. The SMILES string of the molecule is Cc1ccccc1Sc1cccn1C#N. The normalized spacial score (nSPS) is 9.87. The van der Waals surface area contributed by atoms with Gasteiger partial charge in [-0.05, 0) is 30.7 Å². The quantitative estimate of drug-likeness (QED) is 0.767. The summed E-state index contributed by atoms with van der Waals surface area (Å²) in [6, 6.07) is 12.0. The molecule has 1 aromatic heterocycles. The molecule has 0 aliphatic rings. The number of hydrogen-bond acceptors (Lipinski definition) is 2. The summed E-state index contributed by atoms with van der Waals surface area (Å²) < 4.78 is 1.57. The number of benzene rings is 1. The summed E-state index contributed by atoms with van der Waals surface area (Å²) in [7, 11) is 0.